The summed E-state index contributed by atoms with van der Waals surface area (Å²) in [5.74, 6) is 0.402. The summed E-state index contributed by atoms with van der Waals surface area (Å²) in [7, 11) is -3.81. The third-order valence-electron chi connectivity index (χ3n) is 2.50. The van der Waals surface area contributed by atoms with Crippen molar-refractivity contribution in [2.45, 2.75) is 17.9 Å². The summed E-state index contributed by atoms with van der Waals surface area (Å²) >= 11 is 8.99. The monoisotopic (exact) mass is 379 g/mol. The van der Waals surface area contributed by atoms with Gasteiger partial charge in [0.05, 0.1) is 15.4 Å². The Kier molecular flexibility index (Phi) is 4.33. The molecule has 0 aliphatic heterocycles. The standard InChI is InChI=1S/C10H11BrClN5O2S/c1-5(10-14-4-15-16-10)17-20(18,19)8-3-6(12)2-7(13)9(8)11/h2-5,17H,13H2,1H3,(H,14,15,16). The van der Waals surface area contributed by atoms with Gasteiger partial charge in [0.1, 0.15) is 12.2 Å². The molecular formula is C10H11BrClN5O2S. The molecule has 2 aromatic rings. The van der Waals surface area contributed by atoms with Crippen LogP contribution in [-0.4, -0.2) is 23.6 Å². The van der Waals surface area contributed by atoms with Crippen LogP contribution in [0.3, 0.4) is 0 Å². The topological polar surface area (TPSA) is 114 Å². The molecule has 2 rings (SSSR count). The van der Waals surface area contributed by atoms with E-state index in [4.69, 9.17) is 17.3 Å². The smallest absolute Gasteiger partial charge is 0.242 e. The molecule has 0 amide bonds. The van der Waals surface area contributed by atoms with E-state index < -0.39 is 16.1 Å². The molecule has 0 spiro atoms. The van der Waals surface area contributed by atoms with Gasteiger partial charge in [-0.15, -0.1) is 0 Å². The summed E-state index contributed by atoms with van der Waals surface area (Å²) in [4.78, 5) is 3.86. The maximum atomic E-state index is 12.3. The lowest BCUT2D eigenvalue weighted by molar-refractivity contribution is 0.560. The number of aromatic nitrogens is 3. The van der Waals surface area contributed by atoms with Crippen LogP contribution in [0, 0.1) is 0 Å². The molecule has 1 atom stereocenters. The van der Waals surface area contributed by atoms with Crippen LogP contribution in [0.5, 0.6) is 0 Å². The molecule has 0 bridgehead atoms. The Morgan fingerprint density at radius 1 is 1.50 bits per heavy atom. The molecule has 0 saturated heterocycles. The Hall–Kier alpha value is -1.16. The van der Waals surface area contributed by atoms with Gasteiger partial charge in [-0.25, -0.2) is 18.1 Å². The number of nitrogens with one attached hydrogen (secondary N) is 2. The Balaban J connectivity index is 2.36. The molecule has 10 heteroatoms. The average molecular weight is 381 g/mol. The lowest BCUT2D eigenvalue weighted by Gasteiger charge is -2.14. The number of H-pyrrole nitrogens is 1. The Morgan fingerprint density at radius 3 is 2.80 bits per heavy atom. The molecule has 0 aliphatic carbocycles. The second kappa shape index (κ2) is 5.68. The van der Waals surface area contributed by atoms with Crippen LogP contribution in [0.15, 0.2) is 27.8 Å². The zero-order valence-electron chi connectivity index (χ0n) is 10.3. The van der Waals surface area contributed by atoms with Gasteiger partial charge < -0.3 is 5.73 Å². The molecule has 108 valence electrons. The van der Waals surface area contributed by atoms with Crippen molar-refractivity contribution >= 4 is 43.2 Å². The first kappa shape index (κ1) is 15.2. The number of benzene rings is 1. The number of rotatable bonds is 4. The normalized spacial score (nSPS) is 13.3. The summed E-state index contributed by atoms with van der Waals surface area (Å²) < 4.78 is 27.4. The zero-order valence-corrected chi connectivity index (χ0v) is 13.4. The predicted molar refractivity (Wildman–Crippen MR) is 78.7 cm³/mol. The van der Waals surface area contributed by atoms with E-state index in [9.17, 15) is 8.42 Å². The minimum Gasteiger partial charge on any atom is -0.398 e. The first-order valence-electron chi connectivity index (χ1n) is 5.43. The predicted octanol–water partition coefficient (Wildman–Crippen LogP) is 1.84. The second-order valence-corrected chi connectivity index (χ2v) is 6.93. The number of aromatic amines is 1. The number of sulfonamides is 1. The Morgan fingerprint density at radius 2 is 2.20 bits per heavy atom. The molecular weight excluding hydrogens is 370 g/mol. The Labute approximate surface area is 129 Å². The fraction of sp³-hybridized carbons (Fsp3) is 0.200. The quantitative estimate of drug-likeness (QED) is 0.700. The van der Waals surface area contributed by atoms with Gasteiger partial charge in [-0.2, -0.15) is 5.10 Å². The number of halogens is 2. The maximum Gasteiger partial charge on any atom is 0.242 e. The van der Waals surface area contributed by atoms with Crippen molar-refractivity contribution in [3.63, 3.8) is 0 Å². The van der Waals surface area contributed by atoms with E-state index in [1.54, 1.807) is 6.92 Å². The van der Waals surface area contributed by atoms with E-state index in [0.717, 1.165) is 0 Å². The van der Waals surface area contributed by atoms with Gasteiger partial charge >= 0.3 is 0 Å². The van der Waals surface area contributed by atoms with Gasteiger partial charge in [-0.3, -0.25) is 5.10 Å². The molecule has 0 aliphatic rings. The molecule has 0 fully saturated rings. The van der Waals surface area contributed by atoms with Crippen molar-refractivity contribution in [2.24, 2.45) is 0 Å². The zero-order chi connectivity index (χ0) is 14.9. The van der Waals surface area contributed by atoms with E-state index >= 15 is 0 Å². The van der Waals surface area contributed by atoms with Crippen molar-refractivity contribution < 1.29 is 8.42 Å². The number of nitrogens with two attached hydrogens (primary N) is 1. The number of hydrogen-bond donors (Lipinski definition) is 3. The van der Waals surface area contributed by atoms with Crippen LogP contribution in [0.25, 0.3) is 0 Å². The largest absolute Gasteiger partial charge is 0.398 e. The molecule has 4 N–H and O–H groups in total. The van der Waals surface area contributed by atoms with Crippen LogP contribution in [0.1, 0.15) is 18.8 Å². The van der Waals surface area contributed by atoms with Gasteiger partial charge in [0.2, 0.25) is 10.0 Å². The highest BCUT2D eigenvalue weighted by Crippen LogP contribution is 2.32. The van der Waals surface area contributed by atoms with Gasteiger partial charge in [-0.05, 0) is 35.0 Å². The highest BCUT2D eigenvalue weighted by Gasteiger charge is 2.23. The summed E-state index contributed by atoms with van der Waals surface area (Å²) in [5, 5.41) is 6.50. The summed E-state index contributed by atoms with van der Waals surface area (Å²) in [6.45, 7) is 1.64. The highest BCUT2D eigenvalue weighted by atomic mass is 79.9. The SMILES string of the molecule is CC(NS(=O)(=O)c1cc(Cl)cc(N)c1Br)c1ncn[nH]1. The van der Waals surface area contributed by atoms with Crippen molar-refractivity contribution in [1.29, 1.82) is 0 Å². The highest BCUT2D eigenvalue weighted by molar-refractivity contribution is 9.10. The van der Waals surface area contributed by atoms with Gasteiger partial charge in [0.25, 0.3) is 0 Å². The van der Waals surface area contributed by atoms with E-state index in [1.807, 2.05) is 0 Å². The van der Waals surface area contributed by atoms with Gasteiger partial charge in [0, 0.05) is 10.7 Å². The van der Waals surface area contributed by atoms with E-state index in [1.165, 1.54) is 18.5 Å². The fourth-order valence-electron chi connectivity index (χ4n) is 1.56. The molecule has 1 aromatic carbocycles. The second-order valence-electron chi connectivity index (χ2n) is 4.02. The lowest BCUT2D eigenvalue weighted by Crippen LogP contribution is -2.28. The van der Waals surface area contributed by atoms with E-state index in [-0.39, 0.29) is 20.1 Å². The van der Waals surface area contributed by atoms with Crippen LogP contribution < -0.4 is 10.5 Å². The van der Waals surface area contributed by atoms with Crippen LogP contribution >= 0.6 is 27.5 Å². The number of hydrogen-bond acceptors (Lipinski definition) is 5. The summed E-state index contributed by atoms with van der Waals surface area (Å²) in [5.41, 5.74) is 5.93. The number of anilines is 1. The molecule has 1 unspecified atom stereocenters. The van der Waals surface area contributed by atoms with Crippen molar-refractivity contribution in [3.8, 4) is 0 Å². The maximum absolute atomic E-state index is 12.3. The van der Waals surface area contributed by atoms with Crippen LogP contribution in [0.2, 0.25) is 5.02 Å². The first-order chi connectivity index (χ1) is 9.31. The third-order valence-corrected chi connectivity index (χ3v) is 5.43. The van der Waals surface area contributed by atoms with E-state index in [2.05, 4.69) is 35.8 Å². The molecule has 20 heavy (non-hydrogen) atoms. The summed E-state index contributed by atoms with van der Waals surface area (Å²) in [6, 6.07) is 2.21. The molecule has 1 heterocycles. The average Bonchev–Trinajstić information content (AvgIpc) is 2.86. The van der Waals surface area contributed by atoms with Gasteiger partial charge in [0.15, 0.2) is 0 Å². The molecule has 7 nitrogen and oxygen atoms in total. The number of nitrogen functional groups attached to an aromatic ring is 1. The van der Waals surface area contributed by atoms with Gasteiger partial charge in [-0.1, -0.05) is 11.6 Å². The lowest BCUT2D eigenvalue weighted by atomic mass is 10.3. The van der Waals surface area contributed by atoms with Crippen molar-refractivity contribution in [2.75, 3.05) is 5.73 Å². The molecule has 0 saturated carbocycles. The Bertz CT molecular complexity index is 719. The van der Waals surface area contributed by atoms with Crippen molar-refractivity contribution in [1.82, 2.24) is 19.9 Å². The first-order valence-corrected chi connectivity index (χ1v) is 8.09. The summed E-state index contributed by atoms with van der Waals surface area (Å²) in [6.07, 6.45) is 1.30. The van der Waals surface area contributed by atoms with Crippen LogP contribution in [-0.2, 0) is 10.0 Å². The third kappa shape index (κ3) is 3.11. The minimum absolute atomic E-state index is 0.0335. The van der Waals surface area contributed by atoms with E-state index in [0.29, 0.717) is 5.82 Å². The molecule has 1 aromatic heterocycles. The fourth-order valence-corrected chi connectivity index (χ4v) is 4.06. The number of nitrogens with zero attached hydrogens (tertiary/aromatic N) is 2. The minimum atomic E-state index is -3.81. The van der Waals surface area contributed by atoms with Crippen molar-refractivity contribution in [3.05, 3.63) is 33.8 Å². The molecule has 0 radical (unpaired) electrons. The van der Waals surface area contributed by atoms with Crippen LogP contribution in [0.4, 0.5) is 5.69 Å².